The standard InChI is InChI=1S/C26H27F3N4O6/c1-5-38-24(34)25(6-7-25)13-39-22-11-19-20(12-21(22)37-4)31-15(3)32-23(19)30-14(2)16-8-17(26(27,28)29)10-18(9-16)33(35)36/h8-12,14H,5-7,13H2,1-4H3,(H,30,31,32)/t14-/m1/s1. The first-order chi connectivity index (χ1) is 18.4. The molecule has 2 aromatic carbocycles. The minimum Gasteiger partial charge on any atom is -0.493 e. The first-order valence-corrected chi connectivity index (χ1v) is 12.2. The number of rotatable bonds is 10. The van der Waals surface area contributed by atoms with Crippen molar-refractivity contribution in [3.05, 3.63) is 57.4 Å². The van der Waals surface area contributed by atoms with Gasteiger partial charge in [0.25, 0.3) is 5.69 Å². The molecule has 0 aliphatic heterocycles. The fourth-order valence-electron chi connectivity index (χ4n) is 4.14. The number of alkyl halides is 3. The van der Waals surface area contributed by atoms with Crippen molar-refractivity contribution >= 4 is 28.4 Å². The number of halogens is 3. The Morgan fingerprint density at radius 2 is 1.90 bits per heavy atom. The molecule has 1 fully saturated rings. The van der Waals surface area contributed by atoms with Crippen LogP contribution in [0.3, 0.4) is 0 Å². The van der Waals surface area contributed by atoms with Crippen molar-refractivity contribution in [2.75, 3.05) is 25.6 Å². The van der Waals surface area contributed by atoms with Gasteiger partial charge in [-0.05, 0) is 51.3 Å². The van der Waals surface area contributed by atoms with Gasteiger partial charge in [-0.25, -0.2) is 9.97 Å². The van der Waals surface area contributed by atoms with Crippen molar-refractivity contribution in [1.29, 1.82) is 0 Å². The summed E-state index contributed by atoms with van der Waals surface area (Å²) in [6, 6.07) is 4.91. The molecule has 0 unspecified atom stereocenters. The molecule has 0 spiro atoms. The monoisotopic (exact) mass is 548 g/mol. The van der Waals surface area contributed by atoms with Crippen LogP contribution in [0.2, 0.25) is 0 Å². The van der Waals surface area contributed by atoms with E-state index in [2.05, 4.69) is 15.3 Å². The molecule has 208 valence electrons. The summed E-state index contributed by atoms with van der Waals surface area (Å²) < 4.78 is 56.9. The number of non-ortho nitro benzene ring substituents is 1. The number of esters is 1. The van der Waals surface area contributed by atoms with Crippen LogP contribution in [0.4, 0.5) is 24.7 Å². The SMILES string of the molecule is CCOC(=O)C1(COc2cc3c(N[C@H](C)c4cc([N+](=O)[O-])cc(C(F)(F)F)c4)nc(C)nc3cc2OC)CC1. The highest BCUT2D eigenvalue weighted by Gasteiger charge is 2.52. The maximum atomic E-state index is 13.4. The van der Waals surface area contributed by atoms with Crippen LogP contribution in [-0.4, -0.2) is 41.2 Å². The lowest BCUT2D eigenvalue weighted by atomic mass is 10.0. The molecule has 1 heterocycles. The van der Waals surface area contributed by atoms with Crippen molar-refractivity contribution in [3.63, 3.8) is 0 Å². The van der Waals surface area contributed by atoms with Gasteiger partial charge in [-0.15, -0.1) is 0 Å². The molecule has 13 heteroatoms. The van der Waals surface area contributed by atoms with Crippen LogP contribution in [0, 0.1) is 22.5 Å². The normalized spacial score (nSPS) is 14.9. The van der Waals surface area contributed by atoms with Gasteiger partial charge in [-0.3, -0.25) is 14.9 Å². The largest absolute Gasteiger partial charge is 0.493 e. The number of aromatic nitrogens is 2. The van der Waals surface area contributed by atoms with E-state index in [4.69, 9.17) is 14.2 Å². The Hall–Kier alpha value is -4.16. The molecule has 10 nitrogen and oxygen atoms in total. The van der Waals surface area contributed by atoms with Crippen LogP contribution in [0.5, 0.6) is 11.5 Å². The second-order valence-electron chi connectivity index (χ2n) is 9.36. The van der Waals surface area contributed by atoms with E-state index in [9.17, 15) is 28.1 Å². The van der Waals surface area contributed by atoms with Crippen molar-refractivity contribution in [1.82, 2.24) is 9.97 Å². The lowest BCUT2D eigenvalue weighted by Crippen LogP contribution is -2.25. The zero-order valence-corrected chi connectivity index (χ0v) is 21.7. The molecule has 1 aromatic heterocycles. The number of carbonyl (C=O) groups excluding carboxylic acids is 1. The van der Waals surface area contributed by atoms with Crippen LogP contribution in [0.15, 0.2) is 30.3 Å². The quantitative estimate of drug-likeness (QED) is 0.191. The second-order valence-corrected chi connectivity index (χ2v) is 9.36. The number of nitro groups is 1. The zero-order chi connectivity index (χ0) is 28.5. The highest BCUT2D eigenvalue weighted by atomic mass is 19.4. The number of methoxy groups -OCH3 is 1. The second kappa shape index (κ2) is 10.5. The number of aryl methyl sites for hydroxylation is 1. The van der Waals surface area contributed by atoms with E-state index in [0.717, 1.165) is 12.1 Å². The molecule has 1 aliphatic rings. The van der Waals surface area contributed by atoms with Crippen molar-refractivity contribution in [3.8, 4) is 11.5 Å². The van der Waals surface area contributed by atoms with Crippen molar-refractivity contribution < 1.29 is 37.1 Å². The van der Waals surface area contributed by atoms with Gasteiger partial charge in [-0.1, -0.05) is 0 Å². The molecule has 1 aliphatic carbocycles. The summed E-state index contributed by atoms with van der Waals surface area (Å²) in [5.74, 6) is 1.02. The van der Waals surface area contributed by atoms with Gasteiger partial charge in [-0.2, -0.15) is 13.2 Å². The van der Waals surface area contributed by atoms with Crippen LogP contribution < -0.4 is 14.8 Å². The number of hydrogen-bond donors (Lipinski definition) is 1. The van der Waals surface area contributed by atoms with E-state index in [0.29, 0.717) is 47.1 Å². The minimum absolute atomic E-state index is 0.0519. The Kier molecular flexibility index (Phi) is 7.53. The average molecular weight is 549 g/mol. The molecular weight excluding hydrogens is 521 g/mol. The maximum absolute atomic E-state index is 13.4. The fourth-order valence-corrected chi connectivity index (χ4v) is 4.14. The number of nitro benzene ring substituents is 1. The van der Waals surface area contributed by atoms with Gasteiger partial charge in [0.15, 0.2) is 11.5 Å². The fraction of sp³-hybridized carbons (Fsp3) is 0.423. The smallest absolute Gasteiger partial charge is 0.416 e. The van der Waals surface area contributed by atoms with E-state index in [1.807, 2.05) is 0 Å². The average Bonchev–Trinajstić information content (AvgIpc) is 3.67. The molecular formula is C26H27F3N4O6. The Balaban J connectivity index is 1.69. The number of anilines is 1. The molecule has 3 aromatic rings. The van der Waals surface area contributed by atoms with Gasteiger partial charge in [0.2, 0.25) is 0 Å². The molecule has 1 N–H and O–H groups in total. The summed E-state index contributed by atoms with van der Waals surface area (Å²) >= 11 is 0. The Bertz CT molecular complexity index is 1430. The molecule has 0 radical (unpaired) electrons. The summed E-state index contributed by atoms with van der Waals surface area (Å²) in [6.07, 6.45) is -3.49. The molecule has 0 amide bonds. The number of nitrogens with zero attached hydrogens (tertiary/aromatic N) is 3. The number of fused-ring (bicyclic) bond motifs is 1. The predicted molar refractivity (Wildman–Crippen MR) is 135 cm³/mol. The zero-order valence-electron chi connectivity index (χ0n) is 21.7. The molecule has 39 heavy (non-hydrogen) atoms. The highest BCUT2D eigenvalue weighted by molar-refractivity contribution is 5.92. The topological polar surface area (TPSA) is 126 Å². The lowest BCUT2D eigenvalue weighted by Gasteiger charge is -2.20. The van der Waals surface area contributed by atoms with Gasteiger partial charge in [0, 0.05) is 23.6 Å². The lowest BCUT2D eigenvalue weighted by molar-refractivity contribution is -0.385. The van der Waals surface area contributed by atoms with E-state index in [1.54, 1.807) is 32.9 Å². The van der Waals surface area contributed by atoms with E-state index >= 15 is 0 Å². The summed E-state index contributed by atoms with van der Waals surface area (Å²) in [7, 11) is 1.46. The van der Waals surface area contributed by atoms with Crippen molar-refractivity contribution in [2.24, 2.45) is 5.41 Å². The van der Waals surface area contributed by atoms with E-state index in [1.165, 1.54) is 7.11 Å². The predicted octanol–water partition coefficient (Wildman–Crippen LogP) is 5.77. The maximum Gasteiger partial charge on any atom is 0.416 e. The Morgan fingerprint density at radius 1 is 1.18 bits per heavy atom. The molecule has 0 bridgehead atoms. The van der Waals surface area contributed by atoms with Gasteiger partial charge < -0.3 is 19.5 Å². The van der Waals surface area contributed by atoms with E-state index in [-0.39, 0.29) is 30.6 Å². The third-order valence-corrected chi connectivity index (χ3v) is 6.49. The molecule has 0 saturated heterocycles. The number of nitrogens with one attached hydrogen (secondary N) is 1. The highest BCUT2D eigenvalue weighted by Crippen LogP contribution is 2.48. The number of ether oxygens (including phenoxy) is 3. The molecule has 1 atom stereocenters. The summed E-state index contributed by atoms with van der Waals surface area (Å²) in [5.41, 5.74) is -1.99. The van der Waals surface area contributed by atoms with Crippen LogP contribution in [0.1, 0.15) is 49.7 Å². The summed E-state index contributed by atoms with van der Waals surface area (Å²) in [5, 5.41) is 14.8. The van der Waals surface area contributed by atoms with Crippen LogP contribution in [-0.2, 0) is 15.7 Å². The first kappa shape index (κ1) is 27.9. The Morgan fingerprint density at radius 3 is 2.49 bits per heavy atom. The minimum atomic E-state index is -4.76. The van der Waals surface area contributed by atoms with Gasteiger partial charge >= 0.3 is 12.1 Å². The van der Waals surface area contributed by atoms with E-state index < -0.39 is 33.8 Å². The van der Waals surface area contributed by atoms with Crippen molar-refractivity contribution in [2.45, 2.75) is 45.8 Å². The molecule has 1 saturated carbocycles. The van der Waals surface area contributed by atoms with Gasteiger partial charge in [0.1, 0.15) is 23.7 Å². The third-order valence-electron chi connectivity index (χ3n) is 6.49. The van der Waals surface area contributed by atoms with Crippen LogP contribution in [0.25, 0.3) is 10.9 Å². The van der Waals surface area contributed by atoms with Crippen LogP contribution >= 0.6 is 0 Å². The number of hydrogen-bond acceptors (Lipinski definition) is 9. The first-order valence-electron chi connectivity index (χ1n) is 12.2. The van der Waals surface area contributed by atoms with Gasteiger partial charge in [0.05, 0.1) is 35.8 Å². The number of benzene rings is 2. The Labute approximate surface area is 221 Å². The number of carbonyl (C=O) groups is 1. The summed E-state index contributed by atoms with van der Waals surface area (Å²) in [4.78, 5) is 31.6. The summed E-state index contributed by atoms with van der Waals surface area (Å²) in [6.45, 7) is 5.29. The molecule has 4 rings (SSSR count). The third kappa shape index (κ3) is 5.96.